The summed E-state index contributed by atoms with van der Waals surface area (Å²) in [6, 6.07) is 11.1. The van der Waals surface area contributed by atoms with Gasteiger partial charge >= 0.3 is 0 Å². The number of anilines is 2. The molecule has 0 aliphatic carbocycles. The number of nitrogen functional groups attached to an aromatic ring is 2. The quantitative estimate of drug-likeness (QED) is 0.814. The first-order valence-corrected chi connectivity index (χ1v) is 5.89. The van der Waals surface area contributed by atoms with E-state index in [9.17, 15) is 0 Å². The first-order valence-electron chi connectivity index (χ1n) is 5.14. The molecule has 2 rings (SSSR count). The van der Waals surface area contributed by atoms with Gasteiger partial charge in [0.2, 0.25) is 0 Å². The normalized spacial score (nSPS) is 10.5. The second-order valence-corrected chi connectivity index (χ2v) is 4.73. The van der Waals surface area contributed by atoms with E-state index in [1.807, 2.05) is 24.3 Å². The molecule has 0 saturated heterocycles. The highest BCUT2D eigenvalue weighted by Crippen LogP contribution is 2.26. The molecule has 0 saturated carbocycles. The standard InChI is InChI=1S/C13H12Cl2N2/c14-10-5-8(6-11(16)7-10)4-9-2-1-3-12(15)13(9)17/h1-3,5-7H,4,16-17H2. The van der Waals surface area contributed by atoms with Gasteiger partial charge in [0.25, 0.3) is 0 Å². The van der Waals surface area contributed by atoms with Crippen LogP contribution in [0.5, 0.6) is 0 Å². The molecule has 0 amide bonds. The van der Waals surface area contributed by atoms with Gasteiger partial charge in [-0.05, 0) is 41.8 Å². The van der Waals surface area contributed by atoms with Crippen molar-refractivity contribution in [3.63, 3.8) is 0 Å². The molecule has 17 heavy (non-hydrogen) atoms. The summed E-state index contributed by atoms with van der Waals surface area (Å²) < 4.78 is 0. The Morgan fingerprint density at radius 3 is 2.47 bits per heavy atom. The maximum atomic E-state index is 5.97. The Morgan fingerprint density at radius 1 is 1.00 bits per heavy atom. The molecular weight excluding hydrogens is 255 g/mol. The molecule has 0 unspecified atom stereocenters. The SMILES string of the molecule is Nc1cc(Cl)cc(Cc2cccc(Cl)c2N)c1. The number of hydrogen-bond acceptors (Lipinski definition) is 2. The summed E-state index contributed by atoms with van der Waals surface area (Å²) in [5.41, 5.74) is 14.9. The Kier molecular flexibility index (Phi) is 3.46. The molecule has 0 aromatic heterocycles. The minimum absolute atomic E-state index is 0.567. The molecular formula is C13H12Cl2N2. The molecule has 0 aliphatic rings. The number of nitrogens with two attached hydrogens (primary N) is 2. The average molecular weight is 267 g/mol. The summed E-state index contributed by atoms with van der Waals surface area (Å²) in [6.07, 6.45) is 0.664. The van der Waals surface area contributed by atoms with Crippen LogP contribution in [0.1, 0.15) is 11.1 Å². The van der Waals surface area contributed by atoms with Crippen LogP contribution in [-0.2, 0) is 6.42 Å². The van der Waals surface area contributed by atoms with Crippen molar-refractivity contribution in [2.75, 3.05) is 11.5 Å². The minimum Gasteiger partial charge on any atom is -0.399 e. The van der Waals surface area contributed by atoms with Gasteiger partial charge in [0.1, 0.15) is 0 Å². The largest absolute Gasteiger partial charge is 0.399 e. The lowest BCUT2D eigenvalue weighted by atomic mass is 10.0. The predicted molar refractivity (Wildman–Crippen MR) is 74.5 cm³/mol. The van der Waals surface area contributed by atoms with Gasteiger partial charge in [0.05, 0.1) is 10.7 Å². The van der Waals surface area contributed by atoms with E-state index in [4.69, 9.17) is 34.7 Å². The van der Waals surface area contributed by atoms with Crippen molar-refractivity contribution >= 4 is 34.6 Å². The Bertz CT molecular complexity index is 533. The van der Waals surface area contributed by atoms with Gasteiger partial charge in [-0.25, -0.2) is 0 Å². The van der Waals surface area contributed by atoms with Crippen LogP contribution in [0.15, 0.2) is 36.4 Å². The van der Waals surface area contributed by atoms with Crippen LogP contribution in [0, 0.1) is 0 Å². The van der Waals surface area contributed by atoms with Gasteiger partial charge in [-0.3, -0.25) is 0 Å². The second-order valence-electron chi connectivity index (χ2n) is 3.88. The molecule has 0 aliphatic heterocycles. The Labute approximate surface area is 110 Å². The van der Waals surface area contributed by atoms with Crippen molar-refractivity contribution in [3.8, 4) is 0 Å². The van der Waals surface area contributed by atoms with Gasteiger partial charge in [-0.2, -0.15) is 0 Å². The van der Waals surface area contributed by atoms with E-state index in [1.54, 1.807) is 12.1 Å². The monoisotopic (exact) mass is 266 g/mol. The summed E-state index contributed by atoms with van der Waals surface area (Å²) in [6.45, 7) is 0. The van der Waals surface area contributed by atoms with Crippen molar-refractivity contribution in [2.45, 2.75) is 6.42 Å². The molecule has 0 spiro atoms. The molecule has 4 N–H and O–H groups in total. The first-order chi connectivity index (χ1) is 8.06. The van der Waals surface area contributed by atoms with Crippen LogP contribution in [0.4, 0.5) is 11.4 Å². The first kappa shape index (κ1) is 12.1. The smallest absolute Gasteiger partial charge is 0.0638 e. The molecule has 0 heterocycles. The highest BCUT2D eigenvalue weighted by molar-refractivity contribution is 6.33. The summed E-state index contributed by atoms with van der Waals surface area (Å²) in [5.74, 6) is 0. The fourth-order valence-corrected chi connectivity index (χ4v) is 2.19. The summed E-state index contributed by atoms with van der Waals surface area (Å²) in [4.78, 5) is 0. The number of hydrogen-bond donors (Lipinski definition) is 2. The molecule has 0 radical (unpaired) electrons. The van der Waals surface area contributed by atoms with Gasteiger partial charge in [-0.15, -0.1) is 0 Å². The van der Waals surface area contributed by atoms with Gasteiger partial charge in [0.15, 0.2) is 0 Å². The fraction of sp³-hybridized carbons (Fsp3) is 0.0769. The highest BCUT2D eigenvalue weighted by Gasteiger charge is 2.05. The zero-order valence-electron chi connectivity index (χ0n) is 9.08. The van der Waals surface area contributed by atoms with E-state index < -0.39 is 0 Å². The van der Waals surface area contributed by atoms with Gasteiger partial charge < -0.3 is 11.5 Å². The van der Waals surface area contributed by atoms with Gasteiger partial charge in [-0.1, -0.05) is 35.3 Å². The zero-order chi connectivity index (χ0) is 12.4. The molecule has 88 valence electrons. The summed E-state index contributed by atoms with van der Waals surface area (Å²) in [7, 11) is 0. The molecule has 0 bridgehead atoms. The third-order valence-electron chi connectivity index (χ3n) is 2.52. The van der Waals surface area contributed by atoms with Crippen LogP contribution in [0.2, 0.25) is 10.0 Å². The van der Waals surface area contributed by atoms with E-state index >= 15 is 0 Å². The highest BCUT2D eigenvalue weighted by atomic mass is 35.5. The number of rotatable bonds is 2. The van der Waals surface area contributed by atoms with Crippen LogP contribution < -0.4 is 11.5 Å². The number of benzene rings is 2. The molecule has 2 aromatic rings. The maximum Gasteiger partial charge on any atom is 0.0638 e. The molecule has 2 nitrogen and oxygen atoms in total. The fourth-order valence-electron chi connectivity index (χ4n) is 1.73. The third kappa shape index (κ3) is 2.84. The summed E-state index contributed by atoms with van der Waals surface area (Å²) in [5, 5.41) is 1.19. The molecule has 0 atom stereocenters. The number of halogens is 2. The van der Waals surface area contributed by atoms with Crippen LogP contribution in [0.3, 0.4) is 0 Å². The molecule has 0 fully saturated rings. The van der Waals surface area contributed by atoms with E-state index in [1.165, 1.54) is 0 Å². The Morgan fingerprint density at radius 2 is 1.76 bits per heavy atom. The zero-order valence-corrected chi connectivity index (χ0v) is 10.6. The minimum atomic E-state index is 0.567. The topological polar surface area (TPSA) is 52.0 Å². The van der Waals surface area contributed by atoms with Gasteiger partial charge in [0, 0.05) is 10.7 Å². The average Bonchev–Trinajstić information content (AvgIpc) is 2.23. The van der Waals surface area contributed by atoms with E-state index in [-0.39, 0.29) is 0 Å². The Balaban J connectivity index is 2.34. The predicted octanol–water partition coefficient (Wildman–Crippen LogP) is 3.75. The molecule has 4 heteroatoms. The summed E-state index contributed by atoms with van der Waals surface area (Å²) >= 11 is 11.9. The van der Waals surface area contributed by atoms with Crippen LogP contribution in [-0.4, -0.2) is 0 Å². The maximum absolute atomic E-state index is 5.97. The van der Waals surface area contributed by atoms with Crippen molar-refractivity contribution in [1.82, 2.24) is 0 Å². The van der Waals surface area contributed by atoms with E-state index in [0.717, 1.165) is 11.1 Å². The van der Waals surface area contributed by atoms with Crippen molar-refractivity contribution < 1.29 is 0 Å². The lowest BCUT2D eigenvalue weighted by molar-refractivity contribution is 1.20. The molecule has 2 aromatic carbocycles. The van der Waals surface area contributed by atoms with Crippen molar-refractivity contribution in [2.24, 2.45) is 0 Å². The Hall–Kier alpha value is -1.38. The lowest BCUT2D eigenvalue weighted by Gasteiger charge is -2.08. The van der Waals surface area contributed by atoms with Crippen LogP contribution in [0.25, 0.3) is 0 Å². The number of para-hydroxylation sites is 1. The van der Waals surface area contributed by atoms with Crippen molar-refractivity contribution in [1.29, 1.82) is 0 Å². The third-order valence-corrected chi connectivity index (χ3v) is 3.07. The van der Waals surface area contributed by atoms with E-state index in [0.29, 0.717) is 27.8 Å². The van der Waals surface area contributed by atoms with E-state index in [2.05, 4.69) is 0 Å². The van der Waals surface area contributed by atoms with Crippen LogP contribution >= 0.6 is 23.2 Å². The lowest BCUT2D eigenvalue weighted by Crippen LogP contribution is -1.97. The second kappa shape index (κ2) is 4.86. The van der Waals surface area contributed by atoms with Crippen molar-refractivity contribution in [3.05, 3.63) is 57.6 Å².